The number of sulfone groups is 1. The third kappa shape index (κ3) is 6.03. The van der Waals surface area contributed by atoms with Gasteiger partial charge in [0, 0.05) is 22.7 Å². The van der Waals surface area contributed by atoms with Gasteiger partial charge in [0.25, 0.3) is 5.91 Å². The van der Waals surface area contributed by atoms with Crippen molar-refractivity contribution in [3.05, 3.63) is 64.1 Å². The average Bonchev–Trinajstić information content (AvgIpc) is 3.51. The monoisotopic (exact) mass is 448 g/mol. The fourth-order valence-corrected chi connectivity index (χ4v) is 3.85. The van der Waals surface area contributed by atoms with Gasteiger partial charge in [0.1, 0.15) is 0 Å². The second-order valence-corrected chi connectivity index (χ2v) is 9.93. The predicted octanol–water partition coefficient (Wildman–Crippen LogP) is 3.68. The summed E-state index contributed by atoms with van der Waals surface area (Å²) >= 11 is 6.40. The minimum Gasteiger partial charge on any atom is -0.375 e. The number of carbonyl (C=O) groups is 1. The second kappa shape index (κ2) is 9.14. The predicted molar refractivity (Wildman–Crippen MR) is 118 cm³/mol. The van der Waals surface area contributed by atoms with Gasteiger partial charge in [-0.3, -0.25) is 4.79 Å². The number of nitrogens with one attached hydrogen (secondary N) is 2. The topological polar surface area (TPSA) is 101 Å². The molecule has 30 heavy (non-hydrogen) atoms. The molecule has 0 spiro atoms. The summed E-state index contributed by atoms with van der Waals surface area (Å²) in [6.07, 6.45) is 6.35. The summed E-state index contributed by atoms with van der Waals surface area (Å²) in [7, 11) is -3.25. The van der Waals surface area contributed by atoms with Gasteiger partial charge in [0.05, 0.1) is 23.6 Å². The van der Waals surface area contributed by atoms with Gasteiger partial charge in [-0.15, -0.1) is 0 Å². The van der Waals surface area contributed by atoms with Crippen molar-refractivity contribution in [3.8, 4) is 0 Å². The van der Waals surface area contributed by atoms with Crippen molar-refractivity contribution >= 4 is 33.0 Å². The average molecular weight is 449 g/mol. The molecular weight excluding hydrogens is 424 g/mol. The smallest absolute Gasteiger partial charge is 0.289 e. The van der Waals surface area contributed by atoms with Gasteiger partial charge in [-0.25, -0.2) is 18.4 Å². The number of anilines is 1. The summed E-state index contributed by atoms with van der Waals surface area (Å²) in [6, 6.07) is 7.35. The first-order chi connectivity index (χ1) is 14.1. The van der Waals surface area contributed by atoms with E-state index in [2.05, 4.69) is 20.6 Å². The van der Waals surface area contributed by atoms with Crippen molar-refractivity contribution in [1.29, 1.82) is 0 Å². The molecule has 1 aromatic heterocycles. The molecule has 0 radical (unpaired) electrons. The maximum absolute atomic E-state index is 12.4. The summed E-state index contributed by atoms with van der Waals surface area (Å²) < 4.78 is 22.4. The molecule has 1 aromatic carbocycles. The molecule has 1 heterocycles. The molecule has 0 bridgehead atoms. The number of nitrogens with zero attached hydrogens (tertiary/aromatic N) is 2. The summed E-state index contributed by atoms with van der Waals surface area (Å²) in [6.45, 7) is 3.48. The van der Waals surface area contributed by atoms with Crippen molar-refractivity contribution in [2.75, 3.05) is 11.6 Å². The first-order valence-corrected chi connectivity index (χ1v) is 12.0. The second-order valence-electron chi connectivity index (χ2n) is 7.59. The van der Waals surface area contributed by atoms with Gasteiger partial charge >= 0.3 is 0 Å². The van der Waals surface area contributed by atoms with Crippen LogP contribution in [0, 0.1) is 12.8 Å². The first kappa shape index (κ1) is 22.2. The quantitative estimate of drug-likeness (QED) is 0.638. The summed E-state index contributed by atoms with van der Waals surface area (Å²) in [5.74, 6) is 0.0493. The van der Waals surface area contributed by atoms with E-state index in [-0.39, 0.29) is 11.9 Å². The zero-order chi connectivity index (χ0) is 21.9. The summed E-state index contributed by atoms with van der Waals surface area (Å²) in [5, 5.41) is 7.93. The van der Waals surface area contributed by atoms with E-state index in [1.807, 2.05) is 31.2 Å². The molecule has 2 N–H and O–H groups in total. The molecular formula is C21H25ClN4O3S. The molecule has 1 saturated carbocycles. The molecule has 3 rings (SSSR count). The lowest BCUT2D eigenvalue weighted by molar-refractivity contribution is 0.0936. The molecule has 1 aliphatic carbocycles. The zero-order valence-corrected chi connectivity index (χ0v) is 18.7. The third-order valence-electron chi connectivity index (χ3n) is 4.80. The zero-order valence-electron chi connectivity index (χ0n) is 17.1. The first-order valence-electron chi connectivity index (χ1n) is 9.68. The molecule has 0 saturated heterocycles. The van der Waals surface area contributed by atoms with Gasteiger partial charge in [0.15, 0.2) is 9.84 Å². The van der Waals surface area contributed by atoms with Gasteiger partial charge in [-0.1, -0.05) is 35.9 Å². The van der Waals surface area contributed by atoms with Crippen molar-refractivity contribution in [1.82, 2.24) is 15.3 Å². The number of rotatable bonds is 8. The molecule has 1 fully saturated rings. The van der Waals surface area contributed by atoms with Crippen molar-refractivity contribution < 1.29 is 13.2 Å². The number of halogens is 1. The van der Waals surface area contributed by atoms with Crippen LogP contribution in [-0.2, 0) is 9.84 Å². The van der Waals surface area contributed by atoms with Crippen LogP contribution in [-0.4, -0.2) is 36.6 Å². The van der Waals surface area contributed by atoms with E-state index in [0.29, 0.717) is 16.6 Å². The Morgan fingerprint density at radius 2 is 2.00 bits per heavy atom. The third-order valence-corrected chi connectivity index (χ3v) is 5.80. The van der Waals surface area contributed by atoms with Gasteiger partial charge < -0.3 is 10.6 Å². The SMILES string of the molecule is Cc1nc(C(=O)N[C@H](C)/C=C/S(C)(=O)=O)ncc1NC(c1ccccc1Cl)C1CC1. The van der Waals surface area contributed by atoms with Crippen LogP contribution < -0.4 is 10.6 Å². The van der Waals surface area contributed by atoms with E-state index in [0.717, 1.165) is 35.8 Å². The number of amides is 1. The Hall–Kier alpha value is -2.45. The maximum atomic E-state index is 12.4. The molecule has 1 amide bonds. The Kier molecular flexibility index (Phi) is 6.77. The van der Waals surface area contributed by atoms with Crippen LogP contribution in [0.2, 0.25) is 5.02 Å². The Labute approximate surface area is 181 Å². The normalized spacial score (nSPS) is 16.3. The van der Waals surface area contributed by atoms with E-state index >= 15 is 0 Å². The standard InChI is InChI=1S/C21H25ClN4O3S/c1-13(10-11-30(3,28)29)24-21(27)20-23-12-18(14(2)25-20)26-19(15-8-9-15)16-6-4-5-7-17(16)22/h4-7,10-13,15,19,26H,8-9H2,1-3H3,(H,24,27)/b11-10+/t13-,19?/m1/s1. The van der Waals surface area contributed by atoms with Gasteiger partial charge in [-0.2, -0.15) is 0 Å². The number of hydrogen-bond acceptors (Lipinski definition) is 6. The molecule has 1 aliphatic rings. The molecule has 1 unspecified atom stereocenters. The van der Waals surface area contributed by atoms with Crippen LogP contribution in [0.3, 0.4) is 0 Å². The fourth-order valence-electron chi connectivity index (χ4n) is 3.07. The molecule has 7 nitrogen and oxygen atoms in total. The van der Waals surface area contributed by atoms with E-state index in [1.54, 1.807) is 13.1 Å². The lowest BCUT2D eigenvalue weighted by Gasteiger charge is -2.22. The number of benzene rings is 1. The minimum absolute atomic E-state index is 0.0263. The van der Waals surface area contributed by atoms with Crippen molar-refractivity contribution in [3.63, 3.8) is 0 Å². The minimum atomic E-state index is -3.25. The Morgan fingerprint density at radius 1 is 1.30 bits per heavy atom. The van der Waals surface area contributed by atoms with Crippen molar-refractivity contribution in [2.24, 2.45) is 5.92 Å². The van der Waals surface area contributed by atoms with Crippen molar-refractivity contribution in [2.45, 2.75) is 38.8 Å². The maximum Gasteiger partial charge on any atom is 0.289 e. The van der Waals surface area contributed by atoms with Gasteiger partial charge in [0.2, 0.25) is 5.82 Å². The van der Waals surface area contributed by atoms with E-state index < -0.39 is 21.8 Å². The summed E-state index contributed by atoms with van der Waals surface area (Å²) in [5.41, 5.74) is 2.43. The molecule has 0 aliphatic heterocycles. The van der Waals surface area contributed by atoms with Crippen LogP contribution in [0.15, 0.2) is 41.9 Å². The van der Waals surface area contributed by atoms with Crippen LogP contribution in [0.5, 0.6) is 0 Å². The van der Waals surface area contributed by atoms with E-state index in [4.69, 9.17) is 11.6 Å². The van der Waals surface area contributed by atoms with E-state index in [9.17, 15) is 13.2 Å². The summed E-state index contributed by atoms with van der Waals surface area (Å²) in [4.78, 5) is 20.9. The molecule has 2 atom stereocenters. The number of aryl methyl sites for hydroxylation is 1. The highest BCUT2D eigenvalue weighted by Gasteiger charge is 2.33. The Bertz CT molecular complexity index is 1070. The highest BCUT2D eigenvalue weighted by atomic mass is 35.5. The van der Waals surface area contributed by atoms with Gasteiger partial charge in [-0.05, 0) is 44.2 Å². The number of hydrogen-bond donors (Lipinski definition) is 2. The van der Waals surface area contributed by atoms with Crippen LogP contribution in [0.1, 0.15) is 47.7 Å². The van der Waals surface area contributed by atoms with Crippen LogP contribution >= 0.6 is 11.6 Å². The van der Waals surface area contributed by atoms with E-state index in [1.165, 1.54) is 6.08 Å². The molecule has 160 valence electrons. The fraction of sp³-hybridized carbons (Fsp3) is 0.381. The largest absolute Gasteiger partial charge is 0.375 e. The highest BCUT2D eigenvalue weighted by Crippen LogP contribution is 2.44. The Balaban J connectivity index is 1.72. The lowest BCUT2D eigenvalue weighted by atomic mass is 10.0. The molecule has 9 heteroatoms. The Morgan fingerprint density at radius 3 is 2.60 bits per heavy atom. The van der Waals surface area contributed by atoms with Crippen LogP contribution in [0.25, 0.3) is 0 Å². The molecule has 2 aromatic rings. The number of carbonyl (C=O) groups excluding carboxylic acids is 1. The number of aromatic nitrogens is 2. The van der Waals surface area contributed by atoms with Crippen LogP contribution in [0.4, 0.5) is 5.69 Å². The lowest BCUT2D eigenvalue weighted by Crippen LogP contribution is -2.32. The highest BCUT2D eigenvalue weighted by molar-refractivity contribution is 7.93.